The Morgan fingerprint density at radius 2 is 1.50 bits per heavy atom. The van der Waals surface area contributed by atoms with Gasteiger partial charge in [-0.2, -0.15) is 0 Å². The van der Waals surface area contributed by atoms with Gasteiger partial charge in [-0.25, -0.2) is 9.59 Å². The first-order valence-electron chi connectivity index (χ1n) is 12.5. The summed E-state index contributed by atoms with van der Waals surface area (Å²) in [5, 5.41) is 2.22. The molecule has 0 aromatic heterocycles. The number of rotatable bonds is 7. The fraction of sp³-hybridized carbons (Fsp3) is 0.448. The van der Waals surface area contributed by atoms with Gasteiger partial charge < -0.3 is 13.9 Å². The summed E-state index contributed by atoms with van der Waals surface area (Å²) in [5.74, 6) is -0.285. The molecule has 0 N–H and O–H groups in total. The number of piperidine rings is 1. The van der Waals surface area contributed by atoms with Crippen molar-refractivity contribution in [2.45, 2.75) is 57.7 Å². The molecule has 6 nitrogen and oxygen atoms in total. The van der Waals surface area contributed by atoms with Gasteiger partial charge in [-0.05, 0) is 34.2 Å². The molecule has 3 rings (SSSR count). The molecule has 2 aromatic rings. The number of nitrogens with zero attached hydrogens (tertiary/aromatic N) is 1. The largest absolute Gasteiger partial charge is 0.466 e. The summed E-state index contributed by atoms with van der Waals surface area (Å²) in [6.45, 7) is 9.17. The van der Waals surface area contributed by atoms with Gasteiger partial charge in [-0.3, -0.25) is 4.90 Å². The lowest BCUT2D eigenvalue weighted by molar-refractivity contribution is -0.134. The molecule has 0 aliphatic carbocycles. The summed E-state index contributed by atoms with van der Waals surface area (Å²) in [6.07, 6.45) is 4.41. The molecule has 1 amide bonds. The zero-order valence-electron chi connectivity index (χ0n) is 22.3. The Balaban J connectivity index is 2.02. The average molecular weight is 510 g/mol. The number of esters is 1. The molecule has 0 spiro atoms. The van der Waals surface area contributed by atoms with Crippen molar-refractivity contribution in [3.05, 3.63) is 72.8 Å². The second-order valence-corrected chi connectivity index (χ2v) is 14.7. The number of carbonyl (C=O) groups is 2. The van der Waals surface area contributed by atoms with Crippen LogP contribution in [0, 0.1) is 5.92 Å². The van der Waals surface area contributed by atoms with Gasteiger partial charge in [0, 0.05) is 6.08 Å². The van der Waals surface area contributed by atoms with Crippen LogP contribution < -0.4 is 10.4 Å². The fourth-order valence-corrected chi connectivity index (χ4v) is 9.93. The van der Waals surface area contributed by atoms with Crippen molar-refractivity contribution in [3.63, 3.8) is 0 Å². The van der Waals surface area contributed by atoms with Crippen molar-refractivity contribution < 1.29 is 23.5 Å². The van der Waals surface area contributed by atoms with Crippen molar-refractivity contribution in [2.24, 2.45) is 5.92 Å². The van der Waals surface area contributed by atoms with E-state index in [0.717, 1.165) is 12.8 Å². The molecule has 1 saturated heterocycles. The van der Waals surface area contributed by atoms with Crippen LogP contribution in [0.5, 0.6) is 0 Å². The Kier molecular flexibility index (Phi) is 9.14. The third kappa shape index (κ3) is 5.73. The van der Waals surface area contributed by atoms with E-state index >= 15 is 0 Å². The molecule has 3 atom stereocenters. The van der Waals surface area contributed by atoms with Crippen molar-refractivity contribution in [3.8, 4) is 0 Å². The fourth-order valence-electron chi connectivity index (χ4n) is 5.33. The topological polar surface area (TPSA) is 65.1 Å². The minimum Gasteiger partial charge on any atom is -0.466 e. The molecule has 1 aliphatic heterocycles. The molecule has 7 heteroatoms. The summed E-state index contributed by atoms with van der Waals surface area (Å²) >= 11 is 0. The van der Waals surface area contributed by atoms with Gasteiger partial charge in [0.2, 0.25) is 0 Å². The van der Waals surface area contributed by atoms with E-state index in [2.05, 4.69) is 76.2 Å². The van der Waals surface area contributed by atoms with E-state index in [1.807, 2.05) is 12.1 Å². The maximum atomic E-state index is 13.0. The zero-order valence-corrected chi connectivity index (χ0v) is 23.3. The number of ether oxygens (including phenoxy) is 2. The molecular weight excluding hydrogens is 470 g/mol. The normalized spacial score (nSPS) is 20.8. The van der Waals surface area contributed by atoms with E-state index in [1.54, 1.807) is 11.0 Å². The average Bonchev–Trinajstić information content (AvgIpc) is 2.88. The van der Waals surface area contributed by atoms with Crippen LogP contribution in [0.1, 0.15) is 40.5 Å². The molecule has 1 aliphatic rings. The van der Waals surface area contributed by atoms with Crippen LogP contribution in [0.25, 0.3) is 0 Å². The van der Waals surface area contributed by atoms with Gasteiger partial charge in [0.1, 0.15) is 0 Å². The first kappa shape index (κ1) is 27.7. The lowest BCUT2D eigenvalue weighted by Gasteiger charge is -2.47. The van der Waals surface area contributed by atoms with E-state index in [-0.39, 0.29) is 23.0 Å². The Morgan fingerprint density at radius 1 is 0.944 bits per heavy atom. The van der Waals surface area contributed by atoms with Crippen LogP contribution in [0.4, 0.5) is 4.79 Å². The zero-order chi connectivity index (χ0) is 26.3. The molecule has 36 heavy (non-hydrogen) atoms. The second kappa shape index (κ2) is 11.9. The molecule has 0 saturated carbocycles. The highest BCUT2D eigenvalue weighted by Gasteiger charge is 2.51. The summed E-state index contributed by atoms with van der Waals surface area (Å²) in [5.41, 5.74) is 0. The number of hydrogen-bond acceptors (Lipinski definition) is 5. The highest BCUT2D eigenvalue weighted by Crippen LogP contribution is 2.38. The van der Waals surface area contributed by atoms with E-state index in [0.29, 0.717) is 6.61 Å². The van der Waals surface area contributed by atoms with E-state index in [4.69, 9.17) is 13.9 Å². The number of amides is 1. The highest BCUT2D eigenvalue weighted by molar-refractivity contribution is 6.99. The van der Waals surface area contributed by atoms with E-state index < -0.39 is 20.4 Å². The molecule has 0 unspecified atom stereocenters. The third-order valence-corrected chi connectivity index (χ3v) is 12.2. The van der Waals surface area contributed by atoms with Crippen LogP contribution in [-0.2, 0) is 18.7 Å². The standard InChI is InChI=1S/C29H39NO5Si/c1-22-17-18-23(30(28(32)34-6)26(22)19-20-27(31)33-5)21-35-36(29(2,3)4,24-13-9-7-10-14-24)25-15-11-8-12-16-25/h7-16,19-20,22-23,26H,17-18,21H2,1-6H3/b20-19+/t22-,23+,26+/m0/s1. The number of hydrogen-bond donors (Lipinski definition) is 0. The summed E-state index contributed by atoms with van der Waals surface area (Å²) < 4.78 is 17.1. The van der Waals surface area contributed by atoms with Gasteiger partial charge >= 0.3 is 12.1 Å². The SMILES string of the molecule is COC(=O)/C=C/[C@@H]1[C@@H](C)CC[C@H](CO[Si](c2ccccc2)(c2ccccc2)C(C)(C)C)N1C(=O)OC. The summed E-state index contributed by atoms with van der Waals surface area (Å²) in [4.78, 5) is 26.6. The van der Waals surface area contributed by atoms with Crippen molar-refractivity contribution in [1.29, 1.82) is 0 Å². The van der Waals surface area contributed by atoms with Crippen LogP contribution in [-0.4, -0.2) is 58.2 Å². The molecular formula is C29H39NO5Si. The third-order valence-electron chi connectivity index (χ3n) is 7.18. The molecule has 194 valence electrons. The van der Waals surface area contributed by atoms with Crippen LogP contribution in [0.2, 0.25) is 5.04 Å². The number of carbonyl (C=O) groups excluding carboxylic acids is 2. The van der Waals surface area contributed by atoms with Crippen molar-refractivity contribution in [2.75, 3.05) is 20.8 Å². The smallest absolute Gasteiger partial charge is 0.410 e. The van der Waals surface area contributed by atoms with E-state index in [1.165, 1.54) is 30.7 Å². The van der Waals surface area contributed by atoms with Gasteiger partial charge in [-0.15, -0.1) is 0 Å². The van der Waals surface area contributed by atoms with Gasteiger partial charge in [-0.1, -0.05) is 94.4 Å². The Bertz CT molecular complexity index is 995. The maximum Gasteiger partial charge on any atom is 0.410 e. The van der Waals surface area contributed by atoms with Crippen molar-refractivity contribution in [1.82, 2.24) is 4.90 Å². The monoisotopic (exact) mass is 509 g/mol. The maximum absolute atomic E-state index is 13.0. The molecule has 2 aromatic carbocycles. The second-order valence-electron chi connectivity index (χ2n) is 10.4. The first-order valence-corrected chi connectivity index (χ1v) is 14.4. The summed E-state index contributed by atoms with van der Waals surface area (Å²) in [6, 6.07) is 20.4. The first-order chi connectivity index (χ1) is 17.2. The quantitative estimate of drug-likeness (QED) is 0.312. The Labute approximate surface area is 216 Å². The number of benzene rings is 2. The predicted molar refractivity (Wildman–Crippen MR) is 145 cm³/mol. The molecule has 0 bridgehead atoms. The number of methoxy groups -OCH3 is 2. The van der Waals surface area contributed by atoms with Crippen LogP contribution >= 0.6 is 0 Å². The number of likely N-dealkylation sites (tertiary alicyclic amines) is 1. The predicted octanol–water partition coefficient (Wildman–Crippen LogP) is 4.53. The summed E-state index contributed by atoms with van der Waals surface area (Å²) in [7, 11) is -0.0255. The molecule has 1 heterocycles. The molecule has 0 radical (unpaired) electrons. The van der Waals surface area contributed by atoms with Crippen LogP contribution in [0.3, 0.4) is 0 Å². The van der Waals surface area contributed by atoms with Gasteiger partial charge in [0.25, 0.3) is 8.32 Å². The van der Waals surface area contributed by atoms with Gasteiger partial charge in [0.05, 0.1) is 32.9 Å². The Hall–Kier alpha value is -2.90. The minimum atomic E-state index is -2.76. The van der Waals surface area contributed by atoms with Gasteiger partial charge in [0.15, 0.2) is 0 Å². The van der Waals surface area contributed by atoms with Crippen molar-refractivity contribution >= 4 is 30.8 Å². The lowest BCUT2D eigenvalue weighted by atomic mass is 9.87. The van der Waals surface area contributed by atoms with Crippen LogP contribution in [0.15, 0.2) is 72.8 Å². The highest BCUT2D eigenvalue weighted by atomic mass is 28.4. The lowest BCUT2D eigenvalue weighted by Crippen LogP contribution is -2.68. The Morgan fingerprint density at radius 3 is 1.97 bits per heavy atom. The van der Waals surface area contributed by atoms with E-state index in [9.17, 15) is 9.59 Å². The molecule has 1 fully saturated rings. The minimum absolute atomic E-state index is 0.161.